The van der Waals surface area contributed by atoms with E-state index in [-0.39, 0.29) is 17.3 Å². The van der Waals surface area contributed by atoms with Crippen LogP contribution in [0.15, 0.2) is 65.7 Å². The van der Waals surface area contributed by atoms with Gasteiger partial charge in [0, 0.05) is 37.4 Å². The van der Waals surface area contributed by atoms with Gasteiger partial charge < -0.3 is 5.73 Å². The molecule has 0 aliphatic carbocycles. The number of rotatable bonds is 4. The van der Waals surface area contributed by atoms with E-state index in [4.69, 9.17) is 5.73 Å². The molecule has 3 aromatic heterocycles. The second-order valence-electron chi connectivity index (χ2n) is 8.85. The van der Waals surface area contributed by atoms with Crippen LogP contribution < -0.4 is 11.4 Å². The third-order valence-corrected chi connectivity index (χ3v) is 6.40. The predicted octanol–water partition coefficient (Wildman–Crippen LogP) is 4.38. The third kappa shape index (κ3) is 3.28. The standard InChI is InChI=1S/C27H25N5O2/c1-15(2)20-11-17(13-23-25(20)32(4)27(34)31(23)3)18-8-5-7-16-12-22(30-14-21(16)18)19-9-6-10-29-24(19)26(28)33/h5-15H,1-4H3,(H2,28,33). The highest BCUT2D eigenvalue weighted by atomic mass is 16.2. The molecule has 7 heteroatoms. The summed E-state index contributed by atoms with van der Waals surface area (Å²) in [4.78, 5) is 33.3. The Kier molecular flexibility index (Phi) is 5.05. The molecule has 0 bridgehead atoms. The highest BCUT2D eigenvalue weighted by molar-refractivity contribution is 6.01. The fraction of sp³-hybridized carbons (Fsp3) is 0.185. The zero-order valence-electron chi connectivity index (χ0n) is 19.5. The fourth-order valence-corrected chi connectivity index (χ4v) is 4.66. The molecule has 2 aromatic carbocycles. The van der Waals surface area contributed by atoms with Gasteiger partial charge in [0.05, 0.1) is 16.7 Å². The van der Waals surface area contributed by atoms with Crippen LogP contribution in [0.4, 0.5) is 0 Å². The Morgan fingerprint density at radius 3 is 2.47 bits per heavy atom. The molecule has 7 nitrogen and oxygen atoms in total. The molecule has 1 amide bonds. The van der Waals surface area contributed by atoms with Gasteiger partial charge in [-0.25, -0.2) is 4.79 Å². The molecule has 0 atom stereocenters. The van der Waals surface area contributed by atoms with Crippen molar-refractivity contribution < 1.29 is 4.79 Å². The molecule has 0 aliphatic rings. The van der Waals surface area contributed by atoms with Crippen molar-refractivity contribution in [2.75, 3.05) is 0 Å². The number of aromatic nitrogens is 4. The summed E-state index contributed by atoms with van der Waals surface area (Å²) in [6.07, 6.45) is 3.36. The number of carbonyl (C=O) groups is 1. The van der Waals surface area contributed by atoms with Crippen molar-refractivity contribution in [3.63, 3.8) is 0 Å². The number of amides is 1. The number of fused-ring (bicyclic) bond motifs is 2. The minimum absolute atomic E-state index is 0.0417. The number of aryl methyl sites for hydroxylation is 2. The zero-order valence-corrected chi connectivity index (χ0v) is 19.5. The van der Waals surface area contributed by atoms with E-state index in [9.17, 15) is 9.59 Å². The van der Waals surface area contributed by atoms with Crippen LogP contribution in [0.5, 0.6) is 0 Å². The van der Waals surface area contributed by atoms with Crippen molar-refractivity contribution in [3.8, 4) is 22.4 Å². The average Bonchev–Trinajstić information content (AvgIpc) is 3.06. The molecular weight excluding hydrogens is 426 g/mol. The van der Waals surface area contributed by atoms with E-state index in [1.54, 1.807) is 34.5 Å². The topological polar surface area (TPSA) is 95.8 Å². The Bertz CT molecular complexity index is 1660. The average molecular weight is 452 g/mol. The van der Waals surface area contributed by atoms with E-state index >= 15 is 0 Å². The van der Waals surface area contributed by atoms with Crippen LogP contribution in [0.25, 0.3) is 44.2 Å². The molecule has 2 N–H and O–H groups in total. The molecular formula is C27H25N5O2. The molecule has 5 aromatic rings. The molecule has 0 saturated heterocycles. The van der Waals surface area contributed by atoms with Crippen molar-refractivity contribution in [2.45, 2.75) is 19.8 Å². The summed E-state index contributed by atoms with van der Waals surface area (Å²) < 4.78 is 3.41. The molecule has 34 heavy (non-hydrogen) atoms. The first-order valence-corrected chi connectivity index (χ1v) is 11.1. The van der Waals surface area contributed by atoms with E-state index in [1.807, 2.05) is 31.4 Å². The van der Waals surface area contributed by atoms with Gasteiger partial charge in [-0.3, -0.25) is 23.9 Å². The van der Waals surface area contributed by atoms with Crippen molar-refractivity contribution in [1.29, 1.82) is 0 Å². The maximum absolute atomic E-state index is 12.6. The van der Waals surface area contributed by atoms with E-state index in [0.29, 0.717) is 11.3 Å². The van der Waals surface area contributed by atoms with Crippen molar-refractivity contribution in [3.05, 3.63) is 82.7 Å². The van der Waals surface area contributed by atoms with Gasteiger partial charge >= 0.3 is 5.69 Å². The predicted molar refractivity (Wildman–Crippen MR) is 135 cm³/mol. The van der Waals surface area contributed by atoms with Crippen molar-refractivity contribution in [1.82, 2.24) is 19.1 Å². The molecule has 0 spiro atoms. The number of hydrogen-bond donors (Lipinski definition) is 1. The maximum atomic E-state index is 12.6. The summed E-state index contributed by atoms with van der Waals surface area (Å²) in [5, 5.41) is 1.96. The van der Waals surface area contributed by atoms with Crippen LogP contribution in [0.2, 0.25) is 0 Å². The van der Waals surface area contributed by atoms with Crippen LogP contribution in [0, 0.1) is 0 Å². The zero-order chi connectivity index (χ0) is 24.1. The van der Waals surface area contributed by atoms with E-state index in [2.05, 4.69) is 42.0 Å². The minimum atomic E-state index is -0.589. The molecule has 5 rings (SSSR count). The highest BCUT2D eigenvalue weighted by Gasteiger charge is 2.18. The molecule has 170 valence electrons. The number of imidazole rings is 1. The van der Waals surface area contributed by atoms with Crippen LogP contribution in [0.3, 0.4) is 0 Å². The first-order valence-electron chi connectivity index (χ1n) is 11.1. The monoisotopic (exact) mass is 451 g/mol. The van der Waals surface area contributed by atoms with Crippen molar-refractivity contribution in [2.24, 2.45) is 19.8 Å². The summed E-state index contributed by atoms with van der Waals surface area (Å²) in [5.41, 5.74) is 11.9. The number of carbonyl (C=O) groups excluding carboxylic acids is 1. The van der Waals surface area contributed by atoms with Crippen LogP contribution in [0.1, 0.15) is 35.8 Å². The van der Waals surface area contributed by atoms with Crippen molar-refractivity contribution >= 4 is 27.7 Å². The van der Waals surface area contributed by atoms with Crippen LogP contribution >= 0.6 is 0 Å². The lowest BCUT2D eigenvalue weighted by Gasteiger charge is -2.14. The number of hydrogen-bond acceptors (Lipinski definition) is 4. The quantitative estimate of drug-likeness (QED) is 0.439. The third-order valence-electron chi connectivity index (χ3n) is 6.40. The minimum Gasteiger partial charge on any atom is -0.364 e. The molecule has 0 unspecified atom stereocenters. The fourth-order valence-electron chi connectivity index (χ4n) is 4.66. The van der Waals surface area contributed by atoms with E-state index < -0.39 is 5.91 Å². The number of nitrogens with zero attached hydrogens (tertiary/aromatic N) is 4. The molecule has 0 saturated carbocycles. The van der Waals surface area contributed by atoms with E-state index in [1.165, 1.54) is 0 Å². The Balaban J connectivity index is 1.74. The number of pyridine rings is 2. The van der Waals surface area contributed by atoms with Crippen LogP contribution in [-0.2, 0) is 14.1 Å². The Hall–Kier alpha value is -4.26. The van der Waals surface area contributed by atoms with Gasteiger partial charge in [0.1, 0.15) is 5.69 Å². The summed E-state index contributed by atoms with van der Waals surface area (Å²) in [6, 6.07) is 15.8. The second kappa shape index (κ2) is 7.95. The second-order valence-corrected chi connectivity index (χ2v) is 8.85. The molecule has 0 aliphatic heterocycles. The molecule has 0 fully saturated rings. The Labute approximate surface area is 196 Å². The van der Waals surface area contributed by atoms with Gasteiger partial charge in [-0.2, -0.15) is 0 Å². The molecule has 0 radical (unpaired) electrons. The van der Waals surface area contributed by atoms with Gasteiger partial charge in [0.25, 0.3) is 5.91 Å². The smallest absolute Gasteiger partial charge is 0.328 e. The maximum Gasteiger partial charge on any atom is 0.328 e. The lowest BCUT2D eigenvalue weighted by Crippen LogP contribution is -2.19. The normalized spacial score (nSPS) is 11.6. The SMILES string of the molecule is CC(C)c1cc(-c2cccc3cc(-c4cccnc4C(N)=O)ncc23)cc2c1n(C)c(=O)n2C. The molecule has 3 heterocycles. The summed E-state index contributed by atoms with van der Waals surface area (Å²) in [6.45, 7) is 4.27. The van der Waals surface area contributed by atoms with Gasteiger partial charge in [-0.1, -0.05) is 32.0 Å². The lowest BCUT2D eigenvalue weighted by atomic mass is 9.93. The Morgan fingerprint density at radius 2 is 1.74 bits per heavy atom. The Morgan fingerprint density at radius 1 is 0.971 bits per heavy atom. The number of nitrogens with two attached hydrogens (primary N) is 1. The van der Waals surface area contributed by atoms with Gasteiger partial charge in [0.2, 0.25) is 0 Å². The van der Waals surface area contributed by atoms with Gasteiger partial charge in [-0.15, -0.1) is 0 Å². The summed E-state index contributed by atoms with van der Waals surface area (Å²) in [5.74, 6) is -0.345. The van der Waals surface area contributed by atoms with Gasteiger partial charge in [0.15, 0.2) is 0 Å². The summed E-state index contributed by atoms with van der Waals surface area (Å²) in [7, 11) is 3.62. The lowest BCUT2D eigenvalue weighted by molar-refractivity contribution is 0.0996. The first-order chi connectivity index (χ1) is 16.3. The van der Waals surface area contributed by atoms with Crippen LogP contribution in [-0.4, -0.2) is 25.0 Å². The largest absolute Gasteiger partial charge is 0.364 e. The first kappa shape index (κ1) is 21.6. The number of benzene rings is 2. The highest BCUT2D eigenvalue weighted by Crippen LogP contribution is 2.35. The van der Waals surface area contributed by atoms with Gasteiger partial charge in [-0.05, 0) is 58.3 Å². The number of primary amides is 1. The summed E-state index contributed by atoms with van der Waals surface area (Å²) >= 11 is 0. The van der Waals surface area contributed by atoms with E-state index in [0.717, 1.165) is 38.5 Å².